The Balaban J connectivity index is 1.41. The van der Waals surface area contributed by atoms with Crippen LogP contribution in [0.15, 0.2) is 68.6 Å². The summed E-state index contributed by atoms with van der Waals surface area (Å²) in [6.07, 6.45) is 0. The van der Waals surface area contributed by atoms with Gasteiger partial charge in [0.15, 0.2) is 50.9 Å². The maximum atomic E-state index is 4.86. The first-order chi connectivity index (χ1) is 14.0. The fourth-order valence-corrected chi connectivity index (χ4v) is 8.14. The fraction of sp³-hybridized carbons (Fsp3) is 0.200. The molecule has 3 aliphatic heterocycles. The molecule has 3 aliphatic rings. The van der Waals surface area contributed by atoms with Gasteiger partial charge in [0.05, 0.1) is 22.7 Å². The van der Waals surface area contributed by atoms with Crippen LogP contribution in [-0.4, -0.2) is 28.2 Å². The zero-order valence-electron chi connectivity index (χ0n) is 16.6. The molecule has 0 atom stereocenters. The molecule has 0 aliphatic carbocycles. The number of anilines is 4. The summed E-state index contributed by atoms with van der Waals surface area (Å²) >= 11 is 10.3. The molecule has 0 fully saturated rings. The molecule has 3 heterocycles. The topological polar surface area (TPSA) is 17.4 Å². The number of rotatable bonds is 2. The molecule has 0 unspecified atom stereocenters. The first kappa shape index (κ1) is 19.4. The molecule has 150 valence electrons. The van der Waals surface area contributed by atoms with Crippen molar-refractivity contribution < 1.29 is 3.12 Å². The number of para-hydroxylation sites is 4. The van der Waals surface area contributed by atoms with E-state index in [1.165, 1.54) is 35.9 Å². The third kappa shape index (κ3) is 3.02. The molecule has 0 aromatic heterocycles. The number of hydrogen-bond acceptors (Lipinski definition) is 8. The van der Waals surface area contributed by atoms with Crippen molar-refractivity contribution in [2.75, 3.05) is 47.8 Å². The van der Waals surface area contributed by atoms with Crippen molar-refractivity contribution in [2.24, 2.45) is 0 Å². The predicted molar refractivity (Wildman–Crippen MR) is 133 cm³/mol. The number of fused-ring (bicyclic) bond motifs is 2. The van der Waals surface area contributed by atoms with E-state index in [0.29, 0.717) is 0 Å². The largest absolute Gasteiger partial charge is 0.336 e. The maximum Gasteiger partial charge on any atom is 0.173 e. The summed E-state index contributed by atoms with van der Waals surface area (Å²) in [6, 6.07) is 17.0. The van der Waals surface area contributed by atoms with Gasteiger partial charge in [-0.15, -0.1) is 15.7 Å². The molecule has 0 amide bonds. The molecule has 5 nitrogen and oxygen atoms in total. The third-order valence-corrected chi connectivity index (χ3v) is 10.1. The highest BCUT2D eigenvalue weighted by Gasteiger charge is 2.43. The highest BCUT2D eigenvalue weighted by Crippen LogP contribution is 2.48. The van der Waals surface area contributed by atoms with E-state index in [-0.39, 0.29) is 0 Å². The van der Waals surface area contributed by atoms with Gasteiger partial charge < -0.3 is 19.6 Å². The normalized spacial score (nSPS) is 19.1. The van der Waals surface area contributed by atoms with Crippen LogP contribution < -0.4 is 22.7 Å². The van der Waals surface area contributed by atoms with Crippen molar-refractivity contribution in [3.05, 3.63) is 68.6 Å². The molecule has 1 N–H and O–H groups in total. The molecule has 0 spiro atoms. The Labute approximate surface area is 190 Å². The van der Waals surface area contributed by atoms with Crippen LogP contribution in [0.5, 0.6) is 0 Å². The van der Waals surface area contributed by atoms with Gasteiger partial charge in [-0.25, -0.2) is 0 Å². The van der Waals surface area contributed by atoms with Crippen LogP contribution in [0.4, 0.5) is 22.7 Å². The van der Waals surface area contributed by atoms with E-state index >= 15 is 0 Å². The Morgan fingerprint density at radius 3 is 1.59 bits per heavy atom. The van der Waals surface area contributed by atoms with Crippen molar-refractivity contribution in [3.8, 4) is 0 Å². The van der Waals surface area contributed by atoms with E-state index in [9.17, 15) is 0 Å². The summed E-state index contributed by atoms with van der Waals surface area (Å²) in [7, 11) is 8.51. The summed E-state index contributed by atoms with van der Waals surface area (Å²) in [4.78, 5) is 9.01. The van der Waals surface area contributed by atoms with Crippen LogP contribution in [0, 0.1) is 0 Å². The van der Waals surface area contributed by atoms with Gasteiger partial charge in [0.25, 0.3) is 0 Å². The summed E-state index contributed by atoms with van der Waals surface area (Å²) in [6.45, 7) is 0. The molecular weight excluding hydrogens is 439 g/mol. The SMILES string of the molecule is CN1C(S)=C(S[NH+]2SC3=C(S2)N(C)c2ccccc2N3C)N(C)c2ccccc21. The van der Waals surface area contributed by atoms with Crippen molar-refractivity contribution >= 4 is 71.2 Å². The van der Waals surface area contributed by atoms with Gasteiger partial charge in [-0.3, -0.25) is 0 Å². The smallest absolute Gasteiger partial charge is 0.173 e. The molecule has 2 aromatic carbocycles. The number of thiol groups is 1. The van der Waals surface area contributed by atoms with E-state index < -0.39 is 0 Å². The number of nitrogens with one attached hydrogen (secondary N) is 1. The van der Waals surface area contributed by atoms with Gasteiger partial charge in [-0.2, -0.15) is 0 Å². The lowest BCUT2D eigenvalue weighted by atomic mass is 10.2. The van der Waals surface area contributed by atoms with E-state index in [0.717, 1.165) is 10.1 Å². The Bertz CT molecular complexity index is 1010. The predicted octanol–water partition coefficient (Wildman–Crippen LogP) is 4.18. The summed E-state index contributed by atoms with van der Waals surface area (Å²) in [5.41, 5.74) is 4.85. The zero-order chi connectivity index (χ0) is 20.3. The fourth-order valence-electron chi connectivity index (χ4n) is 3.72. The molecule has 9 heteroatoms. The Kier molecular flexibility index (Phi) is 4.90. The van der Waals surface area contributed by atoms with Gasteiger partial charge in [-0.1, -0.05) is 24.3 Å². The standard InChI is InChI=1S/C20H21N5S4/c1-21-13-9-5-6-10-14(13)22(2)18(17(21)26)27-25-28-19-20(29-25)24(4)16-12-8-7-11-15(16)23(19)3/h5-12,26H,1-4H3/p+1. The molecular formula is C20H22N5S4+. The summed E-state index contributed by atoms with van der Waals surface area (Å²) in [5, 5.41) is 4.69. The Hall–Kier alpha value is -1.52. The quantitative estimate of drug-likeness (QED) is 0.510. The second-order valence-electron chi connectivity index (χ2n) is 7.01. The molecule has 0 radical (unpaired) electrons. The molecule has 0 saturated carbocycles. The molecule has 5 rings (SSSR count). The number of hydrogen-bond donors (Lipinski definition) is 2. The highest BCUT2D eigenvalue weighted by molar-refractivity contribution is 8.21. The van der Waals surface area contributed by atoms with Crippen LogP contribution in [0.2, 0.25) is 0 Å². The average Bonchev–Trinajstić information content (AvgIpc) is 3.18. The minimum atomic E-state index is 0.972. The number of quaternary nitrogens is 1. The minimum absolute atomic E-state index is 0.972. The number of nitrogens with zero attached hydrogens (tertiary/aromatic N) is 4. The van der Waals surface area contributed by atoms with Gasteiger partial charge in [0.2, 0.25) is 0 Å². The lowest BCUT2D eigenvalue weighted by molar-refractivity contribution is -0.388. The second-order valence-corrected chi connectivity index (χ2v) is 11.2. The molecule has 29 heavy (non-hydrogen) atoms. The first-order valence-corrected chi connectivity index (χ1v) is 12.1. The lowest BCUT2D eigenvalue weighted by Gasteiger charge is -2.35. The minimum Gasteiger partial charge on any atom is -0.336 e. The van der Waals surface area contributed by atoms with Crippen molar-refractivity contribution in [2.45, 2.75) is 0 Å². The van der Waals surface area contributed by atoms with E-state index in [4.69, 9.17) is 12.6 Å². The van der Waals surface area contributed by atoms with Crippen LogP contribution >= 0.6 is 48.5 Å². The zero-order valence-corrected chi connectivity index (χ0v) is 19.9. The monoisotopic (exact) mass is 460 g/mol. The van der Waals surface area contributed by atoms with E-state index in [2.05, 4.69) is 96.3 Å². The van der Waals surface area contributed by atoms with E-state index in [1.807, 2.05) is 23.9 Å². The summed E-state index contributed by atoms with van der Waals surface area (Å²) in [5.74, 6) is 0. The van der Waals surface area contributed by atoms with Crippen LogP contribution in [0.3, 0.4) is 0 Å². The highest BCUT2D eigenvalue weighted by atomic mass is 32.3. The van der Waals surface area contributed by atoms with E-state index in [1.54, 1.807) is 11.9 Å². The van der Waals surface area contributed by atoms with Crippen molar-refractivity contribution in [1.82, 2.24) is 0 Å². The van der Waals surface area contributed by atoms with Gasteiger partial charge in [0.1, 0.15) is 5.03 Å². The lowest BCUT2D eigenvalue weighted by Crippen LogP contribution is -2.89. The van der Waals surface area contributed by atoms with Crippen LogP contribution in [-0.2, 0) is 0 Å². The van der Waals surface area contributed by atoms with Crippen LogP contribution in [0.25, 0.3) is 0 Å². The first-order valence-electron chi connectivity index (χ1n) is 9.18. The molecule has 0 bridgehead atoms. The number of benzene rings is 2. The molecule has 2 aromatic rings. The van der Waals surface area contributed by atoms with Crippen molar-refractivity contribution in [3.63, 3.8) is 0 Å². The maximum absolute atomic E-state index is 4.86. The average molecular weight is 461 g/mol. The Morgan fingerprint density at radius 2 is 1.10 bits per heavy atom. The van der Waals surface area contributed by atoms with Crippen molar-refractivity contribution in [1.29, 1.82) is 0 Å². The second kappa shape index (κ2) is 7.31. The van der Waals surface area contributed by atoms with Gasteiger partial charge in [0, 0.05) is 28.2 Å². The molecule has 0 saturated heterocycles. The van der Waals surface area contributed by atoms with Gasteiger partial charge in [-0.05, 0) is 24.3 Å². The summed E-state index contributed by atoms with van der Waals surface area (Å²) < 4.78 is 1.29. The van der Waals surface area contributed by atoms with Crippen LogP contribution in [0.1, 0.15) is 0 Å². The Morgan fingerprint density at radius 1 is 0.690 bits per heavy atom. The van der Waals surface area contributed by atoms with Gasteiger partial charge >= 0.3 is 0 Å². The third-order valence-electron chi connectivity index (χ3n) is 5.35.